The van der Waals surface area contributed by atoms with Gasteiger partial charge in [0.25, 0.3) is 0 Å². The van der Waals surface area contributed by atoms with Gasteiger partial charge in [-0.2, -0.15) is 0 Å². The number of hydrogen-bond acceptors (Lipinski definition) is 2. The first kappa shape index (κ1) is 13.4. The number of rotatable bonds is 0. The lowest BCUT2D eigenvalue weighted by atomic mass is 9.83. The zero-order chi connectivity index (χ0) is 15.2. The van der Waals surface area contributed by atoms with Gasteiger partial charge >= 0.3 is 0 Å². The summed E-state index contributed by atoms with van der Waals surface area (Å²) in [6.07, 6.45) is 1.23. The van der Waals surface area contributed by atoms with Crippen molar-refractivity contribution >= 4 is 11.0 Å². The normalized spacial score (nSPS) is 27.8. The van der Waals surface area contributed by atoms with Crippen molar-refractivity contribution in [1.82, 2.24) is 5.16 Å². The van der Waals surface area contributed by atoms with Crippen LogP contribution in [0.5, 0.6) is 0 Å². The van der Waals surface area contributed by atoms with Gasteiger partial charge in [-0.05, 0) is 41.2 Å². The fraction of sp³-hybridized carbons (Fsp3) is 0.632. The summed E-state index contributed by atoms with van der Waals surface area (Å²) in [5, 5.41) is 5.63. The Bertz CT molecular complexity index is 726. The molecule has 0 N–H and O–H groups in total. The predicted octanol–water partition coefficient (Wildman–Crippen LogP) is 5.06. The molecular formula is C19H25NO. The molecule has 0 radical (unpaired) electrons. The van der Waals surface area contributed by atoms with Crippen molar-refractivity contribution in [2.75, 3.05) is 0 Å². The van der Waals surface area contributed by atoms with Gasteiger partial charge in [-0.15, -0.1) is 0 Å². The second-order valence-corrected chi connectivity index (χ2v) is 9.08. The Labute approximate surface area is 126 Å². The predicted molar refractivity (Wildman–Crippen MR) is 85.6 cm³/mol. The average Bonchev–Trinajstić information content (AvgIpc) is 2.75. The van der Waals surface area contributed by atoms with Gasteiger partial charge in [0.2, 0.25) is 0 Å². The highest BCUT2D eigenvalue weighted by Gasteiger charge is 2.60. The molecule has 2 aliphatic carbocycles. The van der Waals surface area contributed by atoms with Gasteiger partial charge < -0.3 is 4.52 Å². The van der Waals surface area contributed by atoms with E-state index in [1.54, 1.807) is 0 Å². The van der Waals surface area contributed by atoms with Crippen molar-refractivity contribution in [2.45, 2.75) is 59.3 Å². The minimum atomic E-state index is 0.0322. The standard InChI is InChI=1S/C19H25NO/c1-18(2,3)15-12-9-10-7-8-11-16(13(10)14(12)15)21-20-17(11)19(4,5)6/h7-8,12,14-15H,9H2,1-6H3. The van der Waals surface area contributed by atoms with Crippen molar-refractivity contribution < 1.29 is 4.52 Å². The minimum absolute atomic E-state index is 0.0322. The largest absolute Gasteiger partial charge is 0.356 e. The molecule has 3 unspecified atom stereocenters. The van der Waals surface area contributed by atoms with Crippen LogP contribution in [0.1, 0.15) is 64.3 Å². The summed E-state index contributed by atoms with van der Waals surface area (Å²) >= 11 is 0. The van der Waals surface area contributed by atoms with E-state index in [2.05, 4.69) is 58.8 Å². The maximum atomic E-state index is 5.83. The van der Waals surface area contributed by atoms with Crippen molar-refractivity contribution in [2.24, 2.45) is 17.3 Å². The molecule has 1 aromatic carbocycles. The van der Waals surface area contributed by atoms with E-state index < -0.39 is 0 Å². The average molecular weight is 283 g/mol. The van der Waals surface area contributed by atoms with E-state index in [4.69, 9.17) is 4.52 Å². The molecule has 1 saturated carbocycles. The van der Waals surface area contributed by atoms with Gasteiger partial charge in [0.05, 0.1) is 5.69 Å². The molecule has 112 valence electrons. The minimum Gasteiger partial charge on any atom is -0.356 e. The van der Waals surface area contributed by atoms with Gasteiger partial charge in [-0.1, -0.05) is 52.8 Å². The van der Waals surface area contributed by atoms with Gasteiger partial charge in [0.15, 0.2) is 5.58 Å². The zero-order valence-corrected chi connectivity index (χ0v) is 13.9. The highest BCUT2D eigenvalue weighted by atomic mass is 16.5. The van der Waals surface area contributed by atoms with Crippen LogP contribution >= 0.6 is 0 Å². The van der Waals surface area contributed by atoms with Crippen LogP contribution in [0.4, 0.5) is 0 Å². The number of aromatic nitrogens is 1. The van der Waals surface area contributed by atoms with Crippen LogP contribution in [0.15, 0.2) is 16.7 Å². The molecule has 1 heterocycles. The second kappa shape index (κ2) is 3.71. The van der Waals surface area contributed by atoms with Gasteiger partial charge in [0, 0.05) is 16.4 Å². The van der Waals surface area contributed by atoms with E-state index >= 15 is 0 Å². The molecule has 1 fully saturated rings. The van der Waals surface area contributed by atoms with Crippen LogP contribution in [-0.4, -0.2) is 5.16 Å². The molecule has 2 heteroatoms. The molecule has 0 saturated heterocycles. The van der Waals surface area contributed by atoms with Crippen LogP contribution in [0.3, 0.4) is 0 Å². The summed E-state index contributed by atoms with van der Waals surface area (Å²) in [5.74, 6) is 2.33. The highest BCUT2D eigenvalue weighted by Crippen LogP contribution is 2.68. The van der Waals surface area contributed by atoms with E-state index in [1.165, 1.54) is 22.9 Å². The van der Waals surface area contributed by atoms with E-state index in [0.717, 1.165) is 23.1 Å². The van der Waals surface area contributed by atoms with Crippen LogP contribution in [0.2, 0.25) is 0 Å². The lowest BCUT2D eigenvalue weighted by molar-refractivity contribution is 0.321. The topological polar surface area (TPSA) is 26.0 Å². The van der Waals surface area contributed by atoms with Gasteiger partial charge in [0.1, 0.15) is 0 Å². The molecule has 21 heavy (non-hydrogen) atoms. The molecular weight excluding hydrogens is 258 g/mol. The van der Waals surface area contributed by atoms with Gasteiger partial charge in [-0.25, -0.2) is 0 Å². The van der Waals surface area contributed by atoms with Crippen LogP contribution in [-0.2, 0) is 11.8 Å². The number of hydrogen-bond donors (Lipinski definition) is 0. The van der Waals surface area contributed by atoms with Crippen LogP contribution in [0, 0.1) is 17.3 Å². The quantitative estimate of drug-likeness (QED) is 0.675. The Balaban J connectivity index is 1.87. The summed E-state index contributed by atoms with van der Waals surface area (Å²) in [6, 6.07) is 4.54. The van der Waals surface area contributed by atoms with Crippen LogP contribution < -0.4 is 0 Å². The van der Waals surface area contributed by atoms with E-state index in [0.29, 0.717) is 11.3 Å². The Morgan fingerprint density at radius 1 is 1.10 bits per heavy atom. The van der Waals surface area contributed by atoms with Crippen molar-refractivity contribution in [3.05, 3.63) is 29.0 Å². The SMILES string of the molecule is CC(C)(C)c1noc2c3c(ccc12)CC1C3C1C(C)(C)C. The molecule has 2 nitrogen and oxygen atoms in total. The number of benzene rings is 1. The third-order valence-corrected chi connectivity index (χ3v) is 5.44. The summed E-state index contributed by atoms with van der Waals surface area (Å²) in [5.41, 5.74) is 5.55. The molecule has 3 atom stereocenters. The lowest BCUT2D eigenvalue weighted by Gasteiger charge is -2.21. The number of nitrogens with zero attached hydrogens (tertiary/aromatic N) is 1. The number of fused-ring (bicyclic) bond motifs is 5. The molecule has 0 aliphatic heterocycles. The summed E-state index contributed by atoms with van der Waals surface area (Å²) < 4.78 is 5.83. The first-order valence-electron chi connectivity index (χ1n) is 8.11. The second-order valence-electron chi connectivity index (χ2n) is 9.08. The van der Waals surface area contributed by atoms with E-state index in [9.17, 15) is 0 Å². The molecule has 2 aromatic rings. The molecule has 1 aromatic heterocycles. The third-order valence-electron chi connectivity index (χ3n) is 5.44. The summed E-state index contributed by atoms with van der Waals surface area (Å²) in [7, 11) is 0. The van der Waals surface area contributed by atoms with E-state index in [1.807, 2.05) is 0 Å². The van der Waals surface area contributed by atoms with Gasteiger partial charge in [-0.3, -0.25) is 0 Å². The van der Waals surface area contributed by atoms with E-state index in [-0.39, 0.29) is 5.41 Å². The van der Waals surface area contributed by atoms with Crippen molar-refractivity contribution in [3.63, 3.8) is 0 Å². The molecule has 0 amide bonds. The molecule has 2 aliphatic rings. The molecule has 0 bridgehead atoms. The first-order chi connectivity index (χ1) is 9.69. The third kappa shape index (κ3) is 1.74. The smallest absolute Gasteiger partial charge is 0.170 e. The zero-order valence-electron chi connectivity index (χ0n) is 13.9. The molecule has 4 rings (SSSR count). The fourth-order valence-electron chi connectivity index (χ4n) is 4.61. The van der Waals surface area contributed by atoms with Crippen molar-refractivity contribution in [1.29, 1.82) is 0 Å². The monoisotopic (exact) mass is 283 g/mol. The highest BCUT2D eigenvalue weighted by molar-refractivity contribution is 5.86. The maximum absolute atomic E-state index is 5.83. The Morgan fingerprint density at radius 3 is 2.43 bits per heavy atom. The fourth-order valence-corrected chi connectivity index (χ4v) is 4.61. The Kier molecular flexibility index (Phi) is 2.36. The summed E-state index contributed by atoms with van der Waals surface area (Å²) in [6.45, 7) is 13.7. The Morgan fingerprint density at radius 2 is 1.81 bits per heavy atom. The van der Waals surface area contributed by atoms with Crippen LogP contribution in [0.25, 0.3) is 11.0 Å². The molecule has 0 spiro atoms. The first-order valence-corrected chi connectivity index (χ1v) is 8.11. The van der Waals surface area contributed by atoms with Crippen molar-refractivity contribution in [3.8, 4) is 0 Å². The lowest BCUT2D eigenvalue weighted by Crippen LogP contribution is -2.13. The maximum Gasteiger partial charge on any atom is 0.170 e. The summed E-state index contributed by atoms with van der Waals surface area (Å²) in [4.78, 5) is 0. The Hall–Kier alpha value is -1.31.